The Morgan fingerprint density at radius 2 is 1.86 bits per heavy atom. The number of anilines is 1. The molecule has 11 nitrogen and oxygen atoms in total. The van der Waals surface area contributed by atoms with Crippen molar-refractivity contribution in [1.82, 2.24) is 4.73 Å². The van der Waals surface area contributed by atoms with Crippen LogP contribution >= 0.6 is 0 Å². The van der Waals surface area contributed by atoms with E-state index < -0.39 is 44.8 Å². The normalized spacial score (nSPS) is 11.6. The van der Waals surface area contributed by atoms with Crippen molar-refractivity contribution in [2.24, 2.45) is 0 Å². The number of hydrogen-bond donors (Lipinski definition) is 4. The number of hydrogen-bond acceptors (Lipinski definition) is 9. The molecule has 1 aromatic carbocycles. The highest BCUT2D eigenvalue weighted by Gasteiger charge is 2.21. The fourth-order valence-corrected chi connectivity index (χ4v) is 3.26. The Hall–Kier alpha value is -3.51. The summed E-state index contributed by atoms with van der Waals surface area (Å²) in [7, 11) is -4.63. The van der Waals surface area contributed by atoms with Crippen molar-refractivity contribution >= 4 is 32.7 Å². The number of benzene rings is 1. The first kappa shape index (κ1) is 19.3. The van der Waals surface area contributed by atoms with Gasteiger partial charge >= 0.3 is 11.6 Å². The second-order valence-corrected chi connectivity index (χ2v) is 7.23. The van der Waals surface area contributed by atoms with E-state index in [0.29, 0.717) is 4.73 Å². The molecule has 0 fully saturated rings. The third-order valence-electron chi connectivity index (χ3n) is 4.01. The molecular formula is C16H14N2O9S. The smallest absolute Gasteiger partial charge is 0.340 e. The maximum Gasteiger partial charge on any atom is 0.340 e. The van der Waals surface area contributed by atoms with Crippen LogP contribution in [-0.4, -0.2) is 33.9 Å². The molecule has 0 aliphatic heterocycles. The predicted octanol–water partition coefficient (Wildman–Crippen LogP) is 0.341. The zero-order chi connectivity index (χ0) is 20.8. The molecule has 0 saturated heterocycles. The van der Waals surface area contributed by atoms with Crippen LogP contribution in [0.25, 0.3) is 11.0 Å². The zero-order valence-electron chi connectivity index (χ0n) is 14.2. The third-order valence-corrected chi connectivity index (χ3v) is 4.92. The number of fused-ring (bicyclic) bond motifs is 1. The van der Waals surface area contributed by atoms with Gasteiger partial charge in [0.1, 0.15) is 10.5 Å². The number of aryl methyl sites for hydroxylation is 1. The van der Waals surface area contributed by atoms with Crippen LogP contribution in [0.2, 0.25) is 0 Å². The Bertz CT molecular complexity index is 1250. The van der Waals surface area contributed by atoms with Crippen molar-refractivity contribution in [3.63, 3.8) is 0 Å². The molecule has 3 rings (SSSR count). The van der Waals surface area contributed by atoms with Crippen LogP contribution in [0.3, 0.4) is 0 Å². The molecule has 0 bridgehead atoms. The van der Waals surface area contributed by atoms with Crippen LogP contribution in [0, 0.1) is 6.92 Å². The zero-order valence-corrected chi connectivity index (χ0v) is 15.1. The number of aromatic nitrogens is 1. The Morgan fingerprint density at radius 3 is 2.43 bits per heavy atom. The molecule has 0 saturated carbocycles. The van der Waals surface area contributed by atoms with Gasteiger partial charge in [-0.05, 0) is 18.6 Å². The predicted molar refractivity (Wildman–Crippen MR) is 94.5 cm³/mol. The summed E-state index contributed by atoms with van der Waals surface area (Å²) < 4.78 is 37.7. The van der Waals surface area contributed by atoms with Crippen LogP contribution in [0.4, 0.5) is 5.69 Å². The number of carbonyl (C=O) groups excluding carboxylic acids is 1. The molecule has 0 aliphatic carbocycles. The number of carbonyl (C=O) groups is 1. The minimum absolute atomic E-state index is 0.0368. The molecule has 12 heteroatoms. The molecule has 148 valence electrons. The van der Waals surface area contributed by atoms with Gasteiger partial charge in [-0.15, -0.1) is 4.73 Å². The van der Waals surface area contributed by atoms with Gasteiger partial charge in [0.25, 0.3) is 10.1 Å². The number of nitrogens with two attached hydrogens (primary N) is 1. The lowest BCUT2D eigenvalue weighted by Gasteiger charge is -2.11. The monoisotopic (exact) mass is 410 g/mol. The quantitative estimate of drug-likeness (QED) is 0.266. The van der Waals surface area contributed by atoms with Crippen LogP contribution in [0.5, 0.6) is 11.8 Å². The summed E-state index contributed by atoms with van der Waals surface area (Å²) in [5, 5.41) is 19.1. The van der Waals surface area contributed by atoms with E-state index in [2.05, 4.69) is 0 Å². The van der Waals surface area contributed by atoms with E-state index in [0.717, 1.165) is 24.3 Å². The van der Waals surface area contributed by atoms with E-state index in [4.69, 9.17) is 15.0 Å². The SMILES string of the molecule is Cc1c(CC(=O)On2c(O)ccc2O)c(=O)oc2cc(N)c(S(=O)(=O)O)cc12. The van der Waals surface area contributed by atoms with Gasteiger partial charge < -0.3 is 25.2 Å². The Balaban J connectivity index is 2.05. The fourth-order valence-electron chi connectivity index (χ4n) is 2.63. The average molecular weight is 410 g/mol. The summed E-state index contributed by atoms with van der Waals surface area (Å²) in [6.07, 6.45) is -0.604. The van der Waals surface area contributed by atoms with Gasteiger partial charge in [0, 0.05) is 23.6 Å². The van der Waals surface area contributed by atoms with Crippen molar-refractivity contribution in [2.45, 2.75) is 18.2 Å². The second-order valence-electron chi connectivity index (χ2n) is 5.84. The number of aromatic hydroxyl groups is 2. The molecule has 0 radical (unpaired) electrons. The lowest BCUT2D eigenvalue weighted by atomic mass is 10.0. The fraction of sp³-hybridized carbons (Fsp3) is 0.125. The highest BCUT2D eigenvalue weighted by atomic mass is 32.2. The van der Waals surface area contributed by atoms with Gasteiger partial charge in [-0.3, -0.25) is 4.55 Å². The topological polar surface area (TPSA) is 182 Å². The van der Waals surface area contributed by atoms with Gasteiger partial charge in [0.15, 0.2) is 0 Å². The van der Waals surface area contributed by atoms with E-state index in [1.54, 1.807) is 0 Å². The van der Waals surface area contributed by atoms with Crippen LogP contribution < -0.4 is 16.2 Å². The van der Waals surface area contributed by atoms with Gasteiger partial charge in [-0.25, -0.2) is 9.59 Å². The number of nitrogen functional groups attached to an aromatic ring is 1. The third kappa shape index (κ3) is 3.37. The number of rotatable bonds is 4. The van der Waals surface area contributed by atoms with Crippen LogP contribution in [0.1, 0.15) is 11.1 Å². The van der Waals surface area contributed by atoms with Crippen LogP contribution in [0.15, 0.2) is 38.4 Å². The molecule has 0 amide bonds. The van der Waals surface area contributed by atoms with Gasteiger partial charge in [0.05, 0.1) is 17.7 Å². The molecule has 0 atom stereocenters. The van der Waals surface area contributed by atoms with E-state index in [1.165, 1.54) is 6.92 Å². The maximum absolute atomic E-state index is 12.2. The Labute approximate surface area is 156 Å². The Morgan fingerprint density at radius 1 is 1.25 bits per heavy atom. The molecule has 0 aliphatic rings. The van der Waals surface area contributed by atoms with Crippen LogP contribution in [-0.2, 0) is 21.3 Å². The van der Waals surface area contributed by atoms with Crippen molar-refractivity contribution in [1.29, 1.82) is 0 Å². The first-order valence-electron chi connectivity index (χ1n) is 7.63. The molecule has 5 N–H and O–H groups in total. The lowest BCUT2D eigenvalue weighted by Crippen LogP contribution is -2.24. The standard InChI is InChI=1S/C16H14N2O9S/c1-7-8-4-12(28(23,24)25)10(17)6-11(8)26-16(22)9(7)5-15(21)27-18-13(19)2-3-14(18)20/h2-4,6,19-20H,5,17H2,1H3,(H,23,24,25). The maximum atomic E-state index is 12.2. The summed E-state index contributed by atoms with van der Waals surface area (Å²) in [5.41, 5.74) is 4.39. The van der Waals surface area contributed by atoms with Crippen molar-refractivity contribution in [2.75, 3.05) is 5.73 Å². The molecule has 0 spiro atoms. The molecule has 3 aromatic rings. The summed E-state index contributed by atoms with van der Waals surface area (Å²) in [6, 6.07) is 4.26. The highest BCUT2D eigenvalue weighted by Crippen LogP contribution is 2.28. The highest BCUT2D eigenvalue weighted by molar-refractivity contribution is 7.86. The first-order valence-corrected chi connectivity index (χ1v) is 9.07. The van der Waals surface area contributed by atoms with Gasteiger partial charge in [0.2, 0.25) is 11.8 Å². The summed E-state index contributed by atoms with van der Waals surface area (Å²) >= 11 is 0. The minimum Gasteiger partial charge on any atom is -0.492 e. The largest absolute Gasteiger partial charge is 0.492 e. The molecule has 28 heavy (non-hydrogen) atoms. The van der Waals surface area contributed by atoms with Crippen molar-refractivity contribution in [3.8, 4) is 11.8 Å². The molecule has 2 heterocycles. The van der Waals surface area contributed by atoms with E-state index in [9.17, 15) is 32.8 Å². The van der Waals surface area contributed by atoms with Gasteiger partial charge in [-0.2, -0.15) is 8.42 Å². The number of nitrogens with zero attached hydrogens (tertiary/aromatic N) is 1. The lowest BCUT2D eigenvalue weighted by molar-refractivity contribution is -0.144. The van der Waals surface area contributed by atoms with E-state index in [-0.39, 0.29) is 27.8 Å². The molecular weight excluding hydrogens is 396 g/mol. The van der Waals surface area contributed by atoms with Crippen molar-refractivity contribution < 1.29 is 37.2 Å². The van der Waals surface area contributed by atoms with Gasteiger partial charge in [-0.1, -0.05) is 0 Å². The van der Waals surface area contributed by atoms with E-state index in [1.807, 2.05) is 0 Å². The van der Waals surface area contributed by atoms with Crippen molar-refractivity contribution in [3.05, 3.63) is 45.8 Å². The Kier molecular flexibility index (Phi) is 4.53. The van der Waals surface area contributed by atoms with E-state index >= 15 is 0 Å². The summed E-state index contributed by atoms with van der Waals surface area (Å²) in [6.45, 7) is 1.44. The average Bonchev–Trinajstić information content (AvgIpc) is 2.89. The summed E-state index contributed by atoms with van der Waals surface area (Å²) in [5.74, 6) is -2.09. The second kappa shape index (κ2) is 6.58. The summed E-state index contributed by atoms with van der Waals surface area (Å²) in [4.78, 5) is 28.5. The minimum atomic E-state index is -4.63. The molecule has 0 unspecified atom stereocenters. The first-order chi connectivity index (χ1) is 13.0. The molecule has 2 aromatic heterocycles.